The summed E-state index contributed by atoms with van der Waals surface area (Å²) in [6.07, 6.45) is 12.1. The number of aromatic amines is 3. The number of nitriles is 3. The molecule has 43 heteroatoms. The number of anilines is 1. The quantitative estimate of drug-likeness (QED) is 0.00713. The number of thioether (sulfide) groups is 5. The predicted octanol–water partition coefficient (Wildman–Crippen LogP) is 18.2. The van der Waals surface area contributed by atoms with Crippen molar-refractivity contribution >= 4 is 202 Å². The highest BCUT2D eigenvalue weighted by Gasteiger charge is 2.42. The average molecular weight is 2150 g/mol. The molecule has 6 aromatic carbocycles. The van der Waals surface area contributed by atoms with Crippen molar-refractivity contribution in [1.29, 1.82) is 21.2 Å². The fourth-order valence-corrected chi connectivity index (χ4v) is 20.7. The van der Waals surface area contributed by atoms with Crippen molar-refractivity contribution in [3.05, 3.63) is 337 Å². The third-order valence-corrected chi connectivity index (χ3v) is 28.9. The third kappa shape index (κ3) is 26.9. The molecule has 35 nitrogen and oxygen atoms in total. The van der Waals surface area contributed by atoms with Crippen molar-refractivity contribution in [2.45, 2.75) is 106 Å². The minimum Gasteiger partial charge on any atom is -0.480 e. The largest absolute Gasteiger partial charge is 0.480 e. The van der Waals surface area contributed by atoms with Crippen LogP contribution in [0.1, 0.15) is 124 Å². The lowest BCUT2D eigenvalue weighted by atomic mass is 9.93. The average Bonchev–Trinajstić information content (AvgIpc) is 1.72. The fourth-order valence-electron chi connectivity index (χ4n) is 15.4. The number of amidine groups is 3. The van der Waals surface area contributed by atoms with E-state index in [9.17, 15) is 64.0 Å². The number of carboxylic acid groups (broad SMARTS) is 1. The molecule has 2 saturated heterocycles. The highest BCUT2D eigenvalue weighted by atomic mass is 35.5. The van der Waals surface area contributed by atoms with Crippen molar-refractivity contribution in [2.75, 3.05) is 51.0 Å². The number of ketones is 1. The number of nitrogens with zero attached hydrogens (tertiary/aromatic N) is 15. The van der Waals surface area contributed by atoms with Crippen LogP contribution in [0.25, 0.3) is 62.5 Å². The third-order valence-electron chi connectivity index (χ3n) is 23.1. The van der Waals surface area contributed by atoms with Gasteiger partial charge in [-0.25, -0.2) is 28.9 Å². The zero-order chi connectivity index (χ0) is 105. The van der Waals surface area contributed by atoms with Crippen molar-refractivity contribution in [3.63, 3.8) is 0 Å². The molecule has 1 atom stereocenters. The van der Waals surface area contributed by atoms with Crippen LogP contribution in [0.3, 0.4) is 0 Å². The Bertz CT molecular complexity index is 8130. The summed E-state index contributed by atoms with van der Waals surface area (Å²) in [6, 6.07) is 63.1. The van der Waals surface area contributed by atoms with E-state index in [1.165, 1.54) is 57.4 Å². The standard InChI is InChI=1S/C21H21N5O3S2.C20H14N2O6S.C19H11ClN2OS.C18H22N6O2.C17H13NO4S2.C11H9N3S/c1-13-6-8-25(9-7-13)21-24-26-18(22)16(19(27)23-20(26)31-21)11-14-4-5-17(29-14)30-12-15-3-2-10-28-15;1-2-27-19(25)14-8-12(9-21)18(22-17(14)24)29-10-15(23)13-7-11-5-3-4-6-16(11)28-20(13)26;20-12-7-5-11(6-8-12)17-14(9-21)19(23)22-18-13-3-1-2-4-16(13)24-10-15(17)18;1-4-5-10-24-17(20-21-22-24)13-26-18(25)15(12-19)11-14-6-8-16(9-7-14)23(2)3;19-15-14(10-12-7-4-8-22-12)24-17(23)18(15)13(16(20)21)9-11-5-2-1-3-6-11;1-6-2-3-8-7(4-6)10-11(13-8)14-9(15)5-12-10/h2-5,10-11,13,22H,6-9,12H2,1H3;3-8H,2,10H2,1H3,(H,22,24);1-8H,10H2,(H,22,23);6-9,11H,4-5,10,13H2,1-3H3;1-8,10,13H,9H2,(H,20,21);2-4H,5H2,1H3,(H,13,14,15)/b16-11+,22-18?;;;15-11+;14-10+;. The number of Topliss-reactive ketones (excluding diaryl/α,β-unsaturated/α-hetero) is 1. The van der Waals surface area contributed by atoms with E-state index in [0.29, 0.717) is 89.6 Å². The molecule has 14 aromatic rings. The summed E-state index contributed by atoms with van der Waals surface area (Å²) in [6.45, 7) is 11.1. The Hall–Kier alpha value is -16.0. The summed E-state index contributed by atoms with van der Waals surface area (Å²) in [4.78, 5) is 139. The molecule has 5 N–H and O–H groups in total. The van der Waals surface area contributed by atoms with Gasteiger partial charge in [-0.2, -0.15) is 25.8 Å². The molecule has 2 fully saturated rings. The Balaban J connectivity index is 0.000000135. The second-order valence-corrected chi connectivity index (χ2v) is 40.1. The van der Waals surface area contributed by atoms with Gasteiger partial charge >= 0.3 is 23.5 Å². The maximum absolute atomic E-state index is 12.6. The van der Waals surface area contributed by atoms with E-state index in [1.54, 1.807) is 96.4 Å². The summed E-state index contributed by atoms with van der Waals surface area (Å²) < 4.78 is 33.3. The van der Waals surface area contributed by atoms with Crippen molar-refractivity contribution in [1.82, 2.24) is 50.0 Å². The van der Waals surface area contributed by atoms with Gasteiger partial charge in [-0.1, -0.05) is 194 Å². The van der Waals surface area contributed by atoms with E-state index in [2.05, 4.69) is 100 Å². The normalized spacial score (nSPS) is 14.6. The van der Waals surface area contributed by atoms with Crippen LogP contribution in [0.15, 0.2) is 290 Å². The van der Waals surface area contributed by atoms with E-state index in [1.807, 2.05) is 140 Å². The molecule has 149 heavy (non-hydrogen) atoms. The number of amides is 2. The number of esters is 2. The summed E-state index contributed by atoms with van der Waals surface area (Å²) in [5, 5.41) is 68.9. The number of benzene rings is 6. The summed E-state index contributed by atoms with van der Waals surface area (Å²) in [5.74, 6) is 0.189. The maximum atomic E-state index is 12.6. The van der Waals surface area contributed by atoms with Crippen LogP contribution >= 0.6 is 94.8 Å². The van der Waals surface area contributed by atoms with Gasteiger partial charge in [-0.15, -0.1) is 22.0 Å². The number of para-hydroxylation sites is 1. The Morgan fingerprint density at radius 3 is 2.24 bits per heavy atom. The van der Waals surface area contributed by atoms with Crippen LogP contribution in [0.5, 0.6) is 0 Å². The number of furan rings is 3. The van der Waals surface area contributed by atoms with Crippen LogP contribution in [0.2, 0.25) is 5.02 Å². The number of likely N-dealkylation sites (tertiary alicyclic amines) is 1. The minimum absolute atomic E-state index is 0.0102. The number of piperidine rings is 1. The minimum atomic E-state index is -1.09. The molecule has 2 amide bonds. The number of carboxylic acids is 1. The van der Waals surface area contributed by atoms with Gasteiger partial charge in [0.25, 0.3) is 22.9 Å². The second kappa shape index (κ2) is 50.4. The molecule has 6 aliphatic heterocycles. The predicted molar refractivity (Wildman–Crippen MR) is 579 cm³/mol. The first-order valence-corrected chi connectivity index (χ1v) is 52.0. The number of thiocarbonyl (C=S) groups is 2. The number of fused-ring (bicyclic) bond motifs is 8. The first-order chi connectivity index (χ1) is 72.0. The molecule has 0 radical (unpaired) electrons. The topological polar surface area (TPSA) is 493 Å². The highest BCUT2D eigenvalue weighted by molar-refractivity contribution is 8.27. The number of hydrogen-bond donors (Lipinski definition) is 5. The Morgan fingerprint density at radius 1 is 0.772 bits per heavy atom. The number of carbonyl (C=O) groups excluding carboxylic acids is 5. The number of aromatic nitrogens is 7. The van der Waals surface area contributed by atoms with Crippen molar-refractivity contribution in [3.8, 4) is 40.6 Å². The zero-order valence-corrected chi connectivity index (χ0v) is 86.9. The van der Waals surface area contributed by atoms with Gasteiger partial charge in [0.1, 0.15) is 84.0 Å². The monoisotopic (exact) mass is 2140 g/mol. The smallest absolute Gasteiger partial charge is 0.349 e. The van der Waals surface area contributed by atoms with E-state index < -0.39 is 52.7 Å². The summed E-state index contributed by atoms with van der Waals surface area (Å²) in [5.41, 5.74) is 8.37. The Labute approximate surface area is 887 Å². The number of H-pyrrole nitrogens is 3. The number of hydrogen-bond acceptors (Lipinski definition) is 33. The number of aliphatic carboxylic acids is 1. The van der Waals surface area contributed by atoms with Crippen molar-refractivity contribution in [2.24, 2.45) is 26.0 Å². The maximum Gasteiger partial charge on any atom is 0.349 e. The lowest BCUT2D eigenvalue weighted by molar-refractivity contribution is -0.145. The molecule has 6 aliphatic rings. The van der Waals surface area contributed by atoms with Gasteiger partial charge in [0.05, 0.1) is 63.9 Å². The van der Waals surface area contributed by atoms with Crippen LogP contribution in [-0.4, -0.2) is 168 Å². The molecular formula is C106H90ClN19O16S7. The molecule has 754 valence electrons. The number of pyridine rings is 2. The number of nitrogens with one attached hydrogen (secondary N) is 4. The first kappa shape index (κ1) is 107. The molecule has 1 unspecified atom stereocenters. The highest BCUT2D eigenvalue weighted by Crippen LogP contribution is 2.45. The van der Waals surface area contributed by atoms with E-state index in [4.69, 9.17) is 68.6 Å². The Kier molecular flexibility index (Phi) is 36.3. The number of unbranched alkanes of at least 4 members (excludes halogenated alkanes) is 1. The van der Waals surface area contributed by atoms with Crippen LogP contribution in [0.4, 0.5) is 5.69 Å². The first-order valence-electron chi connectivity index (χ1n) is 46.2. The second-order valence-electron chi connectivity index (χ2n) is 33.6. The van der Waals surface area contributed by atoms with Gasteiger partial charge in [0.15, 0.2) is 39.8 Å². The number of rotatable bonds is 24. The van der Waals surface area contributed by atoms with E-state index >= 15 is 0 Å². The SMILES string of the molecule is CC1CCN(C2=NN3C(=N)/C(=C\c4ccc(SCc5ccco5)o4)C(=O)N=C3S2)CC1.CCCCn1nnnc1COC(=O)/C(C#N)=C/c1ccc(N(C)C)cc1.CCOC(=O)c1cc(C#N)c(SCC(=O)c2cc3ccccc3oc2=O)[nH]c1=O.Cc1ccc2[nH]c3c(c2c1)=NCC(=S)N=3.N#Cc1c(-c2ccc(Cl)cc2)c2c([nH]c1=O)-c1ccccc1SC2.O=C(O)C(Cc1ccccc1)N1C(=O)/C(=C\c2ccco2)SC1=S. The van der Waals surface area contributed by atoms with Gasteiger partial charge in [-0.05, 0) is 193 Å². The van der Waals surface area contributed by atoms with E-state index in [-0.39, 0.29) is 79.5 Å². The van der Waals surface area contributed by atoms with Gasteiger partial charge in [0, 0.05) is 95.0 Å². The lowest BCUT2D eigenvalue weighted by Crippen LogP contribution is -2.45. The zero-order valence-electron chi connectivity index (χ0n) is 80.4. The molecule has 0 spiro atoms. The number of aliphatic imine (C=N–C) groups is 1. The Morgan fingerprint density at radius 2 is 1.52 bits per heavy atom. The fraction of sp³-hybridized carbons (Fsp3) is 0.208. The van der Waals surface area contributed by atoms with E-state index in [0.717, 1.165) is 145 Å². The lowest BCUT2D eigenvalue weighted by Gasteiger charge is -2.30. The number of halogens is 1. The number of ether oxygens (including phenoxy) is 2. The molecule has 8 aromatic heterocycles. The summed E-state index contributed by atoms with van der Waals surface area (Å²) in [7, 11) is 3.88. The molecule has 0 aliphatic carbocycles. The number of carbonyl (C=O) groups is 6. The number of aryl methyl sites for hydroxylation is 2. The molecule has 0 bridgehead atoms. The van der Waals surface area contributed by atoms with Gasteiger partial charge in [0.2, 0.25) is 5.17 Å². The van der Waals surface area contributed by atoms with Gasteiger partial charge in [-0.3, -0.25) is 39.3 Å². The summed E-state index contributed by atoms with van der Waals surface area (Å²) >= 11 is 22.8. The molecule has 20 rings (SSSR count). The molecule has 0 saturated carbocycles. The molecular weight excluding hydrogens is 2060 g/mol. The number of tetrazole rings is 1. The van der Waals surface area contributed by atoms with Gasteiger partial charge < -0.3 is 57.0 Å². The van der Waals surface area contributed by atoms with Crippen molar-refractivity contribution < 1.29 is 61.0 Å². The van der Waals surface area contributed by atoms with Crippen LogP contribution < -0.4 is 32.5 Å². The number of hydrazone groups is 1. The van der Waals surface area contributed by atoms with Crippen LogP contribution in [0, 0.1) is 52.2 Å². The molecule has 14 heterocycles. The van der Waals surface area contributed by atoms with Crippen LogP contribution in [-0.2, 0) is 59.7 Å².